The van der Waals surface area contributed by atoms with Crippen LogP contribution in [-0.2, 0) is 10.0 Å². The first-order chi connectivity index (χ1) is 12.9. The molecule has 11 heteroatoms. The van der Waals surface area contributed by atoms with E-state index in [1.165, 1.54) is 28.7 Å². The average molecular weight is 388 g/mol. The van der Waals surface area contributed by atoms with E-state index in [4.69, 9.17) is 5.26 Å². The molecule has 2 unspecified atom stereocenters. The van der Waals surface area contributed by atoms with Crippen molar-refractivity contribution in [1.82, 2.24) is 24.6 Å². The lowest BCUT2D eigenvalue weighted by Crippen LogP contribution is -2.57. The molecule has 1 aromatic carbocycles. The van der Waals surface area contributed by atoms with Crippen LogP contribution >= 0.6 is 0 Å². The number of rotatable bonds is 3. The SMILES string of the molecule is N#Cc1ccc(O)c(S(=O)(=O)N2C3CCC2CN(C(=O)c2cn[nH]n2)C3)c1. The molecular formula is C16H16N6O4S. The van der Waals surface area contributed by atoms with Crippen molar-refractivity contribution in [2.75, 3.05) is 13.1 Å². The molecule has 2 aliphatic rings. The van der Waals surface area contributed by atoms with E-state index in [0.29, 0.717) is 12.8 Å². The van der Waals surface area contributed by atoms with Crippen molar-refractivity contribution in [3.05, 3.63) is 35.7 Å². The first-order valence-corrected chi connectivity index (χ1v) is 9.77. The Bertz CT molecular complexity index is 1020. The topological polar surface area (TPSA) is 143 Å². The third-order valence-corrected chi connectivity index (χ3v) is 7.02. The number of nitrogens with zero attached hydrogens (tertiary/aromatic N) is 5. The number of phenolic OH excluding ortho intramolecular Hbond substituents is 1. The van der Waals surface area contributed by atoms with Crippen molar-refractivity contribution >= 4 is 15.9 Å². The highest BCUT2D eigenvalue weighted by atomic mass is 32.2. The van der Waals surface area contributed by atoms with Crippen molar-refractivity contribution in [2.45, 2.75) is 29.8 Å². The van der Waals surface area contributed by atoms with Gasteiger partial charge in [0.15, 0.2) is 5.69 Å². The second-order valence-corrected chi connectivity index (χ2v) is 8.39. The molecule has 2 bridgehead atoms. The third-order valence-electron chi connectivity index (χ3n) is 4.98. The average Bonchev–Trinajstić information content (AvgIpc) is 3.28. The van der Waals surface area contributed by atoms with E-state index in [-0.39, 0.29) is 35.1 Å². The first kappa shape index (κ1) is 17.4. The smallest absolute Gasteiger partial charge is 0.276 e. The van der Waals surface area contributed by atoms with Crippen LogP contribution in [0, 0.1) is 11.3 Å². The molecule has 0 saturated carbocycles. The van der Waals surface area contributed by atoms with E-state index < -0.39 is 27.9 Å². The minimum atomic E-state index is -4.00. The molecule has 3 heterocycles. The zero-order chi connectivity index (χ0) is 19.2. The molecule has 4 rings (SSSR count). The molecule has 2 aromatic rings. The fraction of sp³-hybridized carbons (Fsp3) is 0.375. The Morgan fingerprint density at radius 2 is 2.00 bits per heavy atom. The van der Waals surface area contributed by atoms with Gasteiger partial charge in [-0.3, -0.25) is 4.79 Å². The molecule has 2 N–H and O–H groups in total. The van der Waals surface area contributed by atoms with Crippen molar-refractivity contribution in [1.29, 1.82) is 5.26 Å². The summed E-state index contributed by atoms with van der Waals surface area (Å²) in [6.45, 7) is 0.472. The molecule has 2 saturated heterocycles. The highest BCUT2D eigenvalue weighted by molar-refractivity contribution is 7.89. The van der Waals surface area contributed by atoms with Crippen LogP contribution in [0.3, 0.4) is 0 Å². The summed E-state index contributed by atoms with van der Waals surface area (Å²) in [4.78, 5) is 13.8. The van der Waals surface area contributed by atoms with Gasteiger partial charge in [0.1, 0.15) is 10.6 Å². The molecule has 0 aliphatic carbocycles. The molecule has 1 aromatic heterocycles. The summed E-state index contributed by atoms with van der Waals surface area (Å²) < 4.78 is 27.7. The van der Waals surface area contributed by atoms with Crippen LogP contribution in [0.25, 0.3) is 0 Å². The molecule has 2 aliphatic heterocycles. The lowest BCUT2D eigenvalue weighted by atomic mass is 10.2. The number of likely N-dealkylation sites (tertiary alicyclic amines) is 1. The summed E-state index contributed by atoms with van der Waals surface area (Å²) >= 11 is 0. The van der Waals surface area contributed by atoms with Gasteiger partial charge in [-0.15, -0.1) is 0 Å². The predicted molar refractivity (Wildman–Crippen MR) is 90.9 cm³/mol. The zero-order valence-corrected chi connectivity index (χ0v) is 14.9. The number of piperazine rings is 1. The number of sulfonamides is 1. The van der Waals surface area contributed by atoms with E-state index in [2.05, 4.69) is 15.4 Å². The number of carbonyl (C=O) groups excluding carboxylic acids is 1. The van der Waals surface area contributed by atoms with Gasteiger partial charge in [0.05, 0.1) is 17.8 Å². The number of benzene rings is 1. The van der Waals surface area contributed by atoms with Crippen LogP contribution in [0.15, 0.2) is 29.3 Å². The Labute approximate surface area is 155 Å². The number of carbonyl (C=O) groups is 1. The second-order valence-electron chi connectivity index (χ2n) is 6.58. The number of aromatic amines is 1. The number of H-pyrrole nitrogens is 1. The molecule has 0 spiro atoms. The normalized spacial score (nSPS) is 22.6. The van der Waals surface area contributed by atoms with Gasteiger partial charge >= 0.3 is 0 Å². The summed E-state index contributed by atoms with van der Waals surface area (Å²) in [7, 11) is -4.00. The molecule has 140 valence electrons. The monoisotopic (exact) mass is 388 g/mol. The quantitative estimate of drug-likeness (QED) is 0.756. The Balaban J connectivity index is 1.63. The Hall–Kier alpha value is -2.97. The van der Waals surface area contributed by atoms with Crippen LogP contribution in [0.1, 0.15) is 28.9 Å². The van der Waals surface area contributed by atoms with Crippen LogP contribution in [0.5, 0.6) is 5.75 Å². The van der Waals surface area contributed by atoms with Gasteiger partial charge < -0.3 is 10.0 Å². The summed E-state index contributed by atoms with van der Waals surface area (Å²) in [5.41, 5.74) is 0.337. The van der Waals surface area contributed by atoms with Crippen molar-refractivity contribution < 1.29 is 18.3 Å². The van der Waals surface area contributed by atoms with Crippen molar-refractivity contribution in [3.8, 4) is 11.8 Å². The Kier molecular flexibility index (Phi) is 4.09. The molecular weight excluding hydrogens is 372 g/mol. The highest BCUT2D eigenvalue weighted by Gasteiger charge is 2.48. The van der Waals surface area contributed by atoms with Gasteiger partial charge in [-0.1, -0.05) is 0 Å². The van der Waals surface area contributed by atoms with E-state index in [0.717, 1.165) is 0 Å². The van der Waals surface area contributed by atoms with Gasteiger partial charge in [-0.05, 0) is 31.0 Å². The number of nitriles is 1. The molecule has 27 heavy (non-hydrogen) atoms. The summed E-state index contributed by atoms with van der Waals surface area (Å²) in [6, 6.07) is 4.84. The number of fused-ring (bicyclic) bond motifs is 2. The van der Waals surface area contributed by atoms with Crippen LogP contribution in [-0.4, -0.2) is 69.2 Å². The number of aromatic nitrogens is 3. The van der Waals surface area contributed by atoms with Crippen LogP contribution in [0.2, 0.25) is 0 Å². The van der Waals surface area contributed by atoms with Crippen LogP contribution < -0.4 is 0 Å². The predicted octanol–water partition coefficient (Wildman–Crippen LogP) is 0.0597. The van der Waals surface area contributed by atoms with E-state index in [9.17, 15) is 18.3 Å². The lowest BCUT2D eigenvalue weighted by Gasteiger charge is -2.39. The standard InChI is InChI=1S/C16H16N6O4S/c17-6-10-1-4-14(23)15(5-10)27(25,26)22-11-2-3-12(22)9-21(8-11)16(24)13-7-18-20-19-13/h1,4-5,7,11-12,23H,2-3,8-9H2,(H,18,19,20). The minimum Gasteiger partial charge on any atom is -0.507 e. The fourth-order valence-corrected chi connectivity index (χ4v) is 5.76. The molecule has 2 atom stereocenters. The van der Waals surface area contributed by atoms with Crippen molar-refractivity contribution in [2.24, 2.45) is 0 Å². The van der Waals surface area contributed by atoms with Gasteiger partial charge in [0.2, 0.25) is 10.0 Å². The van der Waals surface area contributed by atoms with E-state index >= 15 is 0 Å². The van der Waals surface area contributed by atoms with Gasteiger partial charge in [-0.25, -0.2) is 8.42 Å². The first-order valence-electron chi connectivity index (χ1n) is 8.33. The summed E-state index contributed by atoms with van der Waals surface area (Å²) in [5.74, 6) is -0.693. The third kappa shape index (κ3) is 2.83. The molecule has 2 fully saturated rings. The number of hydrogen-bond donors (Lipinski definition) is 2. The van der Waals surface area contributed by atoms with Gasteiger partial charge in [0, 0.05) is 25.2 Å². The molecule has 0 radical (unpaired) electrons. The lowest BCUT2D eigenvalue weighted by molar-refractivity contribution is 0.0608. The minimum absolute atomic E-state index is 0.151. The number of phenols is 1. The molecule has 10 nitrogen and oxygen atoms in total. The second kappa shape index (κ2) is 6.33. The summed E-state index contributed by atoms with van der Waals surface area (Å²) in [5, 5.41) is 28.9. The van der Waals surface area contributed by atoms with Crippen LogP contribution in [0.4, 0.5) is 0 Å². The fourth-order valence-electron chi connectivity index (χ4n) is 3.79. The van der Waals surface area contributed by atoms with Crippen molar-refractivity contribution in [3.63, 3.8) is 0 Å². The maximum atomic E-state index is 13.2. The van der Waals surface area contributed by atoms with Gasteiger partial charge in [0.25, 0.3) is 5.91 Å². The number of amides is 1. The number of nitrogens with one attached hydrogen (secondary N) is 1. The maximum absolute atomic E-state index is 13.2. The summed E-state index contributed by atoms with van der Waals surface area (Å²) in [6.07, 6.45) is 2.56. The van der Waals surface area contributed by atoms with E-state index in [1.54, 1.807) is 4.90 Å². The van der Waals surface area contributed by atoms with Gasteiger partial charge in [-0.2, -0.15) is 25.0 Å². The Morgan fingerprint density at radius 3 is 2.59 bits per heavy atom. The zero-order valence-electron chi connectivity index (χ0n) is 14.1. The van der Waals surface area contributed by atoms with E-state index in [1.807, 2.05) is 6.07 Å². The molecule has 1 amide bonds. The largest absolute Gasteiger partial charge is 0.507 e. The number of aromatic hydroxyl groups is 1. The number of hydrogen-bond acceptors (Lipinski definition) is 7. The Morgan fingerprint density at radius 1 is 1.30 bits per heavy atom. The highest BCUT2D eigenvalue weighted by Crippen LogP contribution is 2.38. The maximum Gasteiger partial charge on any atom is 0.276 e.